The Hall–Kier alpha value is -1.43. The number of thiazole rings is 1. The van der Waals surface area contributed by atoms with E-state index in [2.05, 4.69) is 4.98 Å². The highest BCUT2D eigenvalue weighted by Crippen LogP contribution is 2.26. The predicted octanol–water partition coefficient (Wildman–Crippen LogP) is 2.92. The van der Waals surface area contributed by atoms with Crippen molar-refractivity contribution in [1.29, 1.82) is 0 Å². The fourth-order valence-corrected chi connectivity index (χ4v) is 3.35. The summed E-state index contributed by atoms with van der Waals surface area (Å²) < 4.78 is 0. The number of aliphatic hydroxyl groups excluding tert-OH is 1. The molecule has 2 heterocycles. The fourth-order valence-electron chi connectivity index (χ4n) is 2.43. The molecule has 1 amide bonds. The summed E-state index contributed by atoms with van der Waals surface area (Å²) in [6.45, 7) is 1.44. The molecule has 0 saturated carbocycles. The van der Waals surface area contributed by atoms with Crippen LogP contribution in [0.5, 0.6) is 0 Å². The molecule has 110 valence electrons. The van der Waals surface area contributed by atoms with Crippen LogP contribution in [0.3, 0.4) is 0 Å². The molecule has 6 heteroatoms. The van der Waals surface area contributed by atoms with Gasteiger partial charge < -0.3 is 10.0 Å². The van der Waals surface area contributed by atoms with E-state index < -0.39 is 0 Å². The molecular formula is C15H15ClN2O2S. The summed E-state index contributed by atoms with van der Waals surface area (Å²) in [7, 11) is 0. The highest BCUT2D eigenvalue weighted by atomic mass is 35.5. The van der Waals surface area contributed by atoms with Crippen molar-refractivity contribution in [2.75, 3.05) is 19.7 Å². The first kappa shape index (κ1) is 14.5. The number of hydrogen-bond acceptors (Lipinski definition) is 4. The second kappa shape index (κ2) is 6.13. The van der Waals surface area contributed by atoms with Gasteiger partial charge in [0.2, 0.25) is 0 Å². The molecule has 1 aliphatic rings. The largest absolute Gasteiger partial charge is 0.396 e. The number of aromatic nitrogens is 1. The van der Waals surface area contributed by atoms with Crippen LogP contribution in [0, 0.1) is 5.92 Å². The van der Waals surface area contributed by atoms with E-state index in [9.17, 15) is 4.79 Å². The number of amides is 1. The summed E-state index contributed by atoms with van der Waals surface area (Å²) in [6, 6.07) is 7.42. The van der Waals surface area contributed by atoms with Crippen molar-refractivity contribution in [3.8, 4) is 10.6 Å². The standard InChI is InChI=1S/C15H15ClN2O2S/c16-12-3-1-11(2-4-12)14-17-13(9-21-14)15(20)18-6-5-10(7-18)8-19/h1-4,9-10,19H,5-8H2. The number of carbonyl (C=O) groups excluding carboxylic acids is 1. The fraction of sp³-hybridized carbons (Fsp3) is 0.333. The van der Waals surface area contributed by atoms with Gasteiger partial charge in [0.1, 0.15) is 10.7 Å². The molecule has 4 nitrogen and oxygen atoms in total. The van der Waals surface area contributed by atoms with Gasteiger partial charge in [-0.05, 0) is 18.6 Å². The molecule has 1 fully saturated rings. The number of likely N-dealkylation sites (tertiary alicyclic amines) is 1. The second-order valence-electron chi connectivity index (χ2n) is 5.13. The van der Waals surface area contributed by atoms with E-state index in [1.54, 1.807) is 10.3 Å². The van der Waals surface area contributed by atoms with Gasteiger partial charge in [0.25, 0.3) is 5.91 Å². The zero-order valence-electron chi connectivity index (χ0n) is 11.3. The van der Waals surface area contributed by atoms with Gasteiger partial charge in [-0.15, -0.1) is 11.3 Å². The molecule has 3 rings (SSSR count). The average molecular weight is 323 g/mol. The lowest BCUT2D eigenvalue weighted by atomic mass is 10.1. The van der Waals surface area contributed by atoms with Gasteiger partial charge in [-0.3, -0.25) is 4.79 Å². The molecule has 1 N–H and O–H groups in total. The Balaban J connectivity index is 1.75. The third kappa shape index (κ3) is 3.10. The molecule has 2 aromatic rings. The Labute approximate surface area is 132 Å². The number of carbonyl (C=O) groups is 1. The average Bonchev–Trinajstić information content (AvgIpc) is 3.16. The molecule has 1 saturated heterocycles. The first-order chi connectivity index (χ1) is 10.2. The topological polar surface area (TPSA) is 53.4 Å². The number of nitrogens with zero attached hydrogens (tertiary/aromatic N) is 2. The third-order valence-corrected chi connectivity index (χ3v) is 4.79. The van der Waals surface area contributed by atoms with Crippen LogP contribution in [-0.4, -0.2) is 40.6 Å². The van der Waals surface area contributed by atoms with Gasteiger partial charge in [-0.25, -0.2) is 4.98 Å². The van der Waals surface area contributed by atoms with Gasteiger partial charge in [0.05, 0.1) is 0 Å². The molecule has 1 aliphatic heterocycles. The summed E-state index contributed by atoms with van der Waals surface area (Å²) >= 11 is 7.32. The van der Waals surface area contributed by atoms with E-state index in [1.807, 2.05) is 24.3 Å². The highest BCUT2D eigenvalue weighted by molar-refractivity contribution is 7.13. The minimum atomic E-state index is -0.0533. The van der Waals surface area contributed by atoms with E-state index in [-0.39, 0.29) is 18.4 Å². The number of halogens is 1. The molecule has 1 unspecified atom stereocenters. The van der Waals surface area contributed by atoms with Crippen molar-refractivity contribution < 1.29 is 9.90 Å². The maximum atomic E-state index is 12.4. The van der Waals surface area contributed by atoms with E-state index in [4.69, 9.17) is 16.7 Å². The van der Waals surface area contributed by atoms with Crippen molar-refractivity contribution in [3.05, 3.63) is 40.4 Å². The minimum Gasteiger partial charge on any atom is -0.396 e. The van der Waals surface area contributed by atoms with Gasteiger partial charge >= 0.3 is 0 Å². The molecular weight excluding hydrogens is 308 g/mol. The van der Waals surface area contributed by atoms with Crippen molar-refractivity contribution in [2.24, 2.45) is 5.92 Å². The molecule has 0 radical (unpaired) electrons. The van der Waals surface area contributed by atoms with Crippen LogP contribution < -0.4 is 0 Å². The molecule has 1 aromatic carbocycles. The van der Waals surface area contributed by atoms with Crippen molar-refractivity contribution in [3.63, 3.8) is 0 Å². The zero-order valence-corrected chi connectivity index (χ0v) is 12.9. The Morgan fingerprint density at radius 3 is 2.86 bits per heavy atom. The van der Waals surface area contributed by atoms with E-state index in [0.29, 0.717) is 23.8 Å². The second-order valence-corrected chi connectivity index (χ2v) is 6.43. The smallest absolute Gasteiger partial charge is 0.273 e. The first-order valence-corrected chi connectivity index (χ1v) is 8.04. The maximum absolute atomic E-state index is 12.4. The summed E-state index contributed by atoms with van der Waals surface area (Å²) in [4.78, 5) is 18.6. The number of aliphatic hydroxyl groups is 1. The van der Waals surface area contributed by atoms with Crippen LogP contribution in [0.2, 0.25) is 5.02 Å². The van der Waals surface area contributed by atoms with Gasteiger partial charge in [-0.1, -0.05) is 23.7 Å². The lowest BCUT2D eigenvalue weighted by Crippen LogP contribution is -2.29. The molecule has 21 heavy (non-hydrogen) atoms. The maximum Gasteiger partial charge on any atom is 0.273 e. The monoisotopic (exact) mass is 322 g/mol. The van der Waals surface area contributed by atoms with Gasteiger partial charge in [0.15, 0.2) is 0 Å². The quantitative estimate of drug-likeness (QED) is 0.945. The van der Waals surface area contributed by atoms with Crippen LogP contribution in [0.4, 0.5) is 0 Å². The van der Waals surface area contributed by atoms with E-state index >= 15 is 0 Å². The van der Waals surface area contributed by atoms with Crippen LogP contribution in [-0.2, 0) is 0 Å². The highest BCUT2D eigenvalue weighted by Gasteiger charge is 2.27. The number of hydrogen-bond donors (Lipinski definition) is 1. The minimum absolute atomic E-state index is 0.0533. The first-order valence-electron chi connectivity index (χ1n) is 6.79. The number of benzene rings is 1. The molecule has 0 aliphatic carbocycles. The van der Waals surface area contributed by atoms with Crippen molar-refractivity contribution in [2.45, 2.75) is 6.42 Å². The summed E-state index contributed by atoms with van der Waals surface area (Å²) in [5, 5.41) is 12.4. The molecule has 0 spiro atoms. The zero-order chi connectivity index (χ0) is 14.8. The molecule has 0 bridgehead atoms. The predicted molar refractivity (Wildman–Crippen MR) is 83.7 cm³/mol. The Morgan fingerprint density at radius 2 is 2.19 bits per heavy atom. The molecule has 1 atom stereocenters. The van der Waals surface area contributed by atoms with Crippen LogP contribution in [0.1, 0.15) is 16.9 Å². The summed E-state index contributed by atoms with van der Waals surface area (Å²) in [5.41, 5.74) is 1.43. The lowest BCUT2D eigenvalue weighted by molar-refractivity contribution is 0.0777. The van der Waals surface area contributed by atoms with E-state index in [0.717, 1.165) is 17.0 Å². The summed E-state index contributed by atoms with van der Waals surface area (Å²) in [6.07, 6.45) is 0.858. The van der Waals surface area contributed by atoms with E-state index in [1.165, 1.54) is 11.3 Å². The Morgan fingerprint density at radius 1 is 1.43 bits per heavy atom. The van der Waals surface area contributed by atoms with Crippen molar-refractivity contribution >= 4 is 28.8 Å². The number of rotatable bonds is 3. The van der Waals surface area contributed by atoms with Crippen LogP contribution in [0.15, 0.2) is 29.6 Å². The summed E-state index contributed by atoms with van der Waals surface area (Å²) in [5.74, 6) is 0.144. The van der Waals surface area contributed by atoms with Crippen molar-refractivity contribution in [1.82, 2.24) is 9.88 Å². The molecule has 1 aromatic heterocycles. The van der Waals surface area contributed by atoms with Crippen LogP contribution >= 0.6 is 22.9 Å². The van der Waals surface area contributed by atoms with Crippen LogP contribution in [0.25, 0.3) is 10.6 Å². The van der Waals surface area contributed by atoms with Gasteiger partial charge in [-0.2, -0.15) is 0 Å². The Bertz CT molecular complexity index is 641. The van der Waals surface area contributed by atoms with Gasteiger partial charge in [0, 0.05) is 41.6 Å². The normalized spacial score (nSPS) is 18.2. The third-order valence-electron chi connectivity index (χ3n) is 3.65. The lowest BCUT2D eigenvalue weighted by Gasteiger charge is -2.14. The Kier molecular flexibility index (Phi) is 4.24. The SMILES string of the molecule is O=C(c1csc(-c2ccc(Cl)cc2)n1)N1CCC(CO)C1.